The highest BCUT2D eigenvalue weighted by Gasteiger charge is 2.14. The molecule has 1 aromatic carbocycles. The number of carbonyl (C=O) groups excluding carboxylic acids is 1. The number of aryl methyl sites for hydroxylation is 1. The van der Waals surface area contributed by atoms with Crippen LogP contribution in [0.25, 0.3) is 0 Å². The molecule has 0 aliphatic rings. The topological polar surface area (TPSA) is 29.1 Å². The van der Waals surface area contributed by atoms with Crippen molar-refractivity contribution in [3.8, 4) is 0 Å². The minimum Gasteiger partial charge on any atom is -0.316 e. The van der Waals surface area contributed by atoms with Gasteiger partial charge < -0.3 is 5.32 Å². The van der Waals surface area contributed by atoms with Crippen LogP contribution < -0.4 is 5.32 Å². The minimum absolute atomic E-state index is 0.0346. The Morgan fingerprint density at radius 1 is 1.47 bits per heavy atom. The lowest BCUT2D eigenvalue weighted by Gasteiger charge is -2.11. The van der Waals surface area contributed by atoms with E-state index in [1.807, 2.05) is 39.0 Å². The molecule has 17 heavy (non-hydrogen) atoms. The first-order valence-electron chi connectivity index (χ1n) is 6.03. The van der Waals surface area contributed by atoms with Crippen molar-refractivity contribution in [2.24, 2.45) is 5.92 Å². The summed E-state index contributed by atoms with van der Waals surface area (Å²) < 4.78 is 0. The van der Waals surface area contributed by atoms with Crippen LogP contribution in [-0.4, -0.2) is 18.9 Å². The molecule has 1 rings (SSSR count). The second-order valence-corrected chi connectivity index (χ2v) is 4.85. The number of ketones is 1. The van der Waals surface area contributed by atoms with Crippen molar-refractivity contribution < 1.29 is 4.79 Å². The van der Waals surface area contributed by atoms with Gasteiger partial charge in [-0.3, -0.25) is 4.79 Å². The van der Waals surface area contributed by atoms with E-state index >= 15 is 0 Å². The van der Waals surface area contributed by atoms with Crippen molar-refractivity contribution >= 4 is 17.4 Å². The Labute approximate surface area is 108 Å². The molecule has 94 valence electrons. The van der Waals surface area contributed by atoms with Crippen molar-refractivity contribution in [1.82, 2.24) is 5.32 Å². The van der Waals surface area contributed by atoms with Crippen LogP contribution in [0.3, 0.4) is 0 Å². The van der Waals surface area contributed by atoms with Crippen molar-refractivity contribution in [3.05, 3.63) is 34.3 Å². The molecule has 0 fully saturated rings. The summed E-state index contributed by atoms with van der Waals surface area (Å²) >= 11 is 6.11. The first-order chi connectivity index (χ1) is 8.04. The predicted octanol–water partition coefficient (Wildman–Crippen LogP) is 3.01. The number of carbonyl (C=O) groups is 1. The maximum atomic E-state index is 12.0. The molecule has 0 aliphatic heterocycles. The summed E-state index contributed by atoms with van der Waals surface area (Å²) in [6.45, 7) is 7.61. The lowest BCUT2D eigenvalue weighted by atomic mass is 9.99. The minimum atomic E-state index is 0.0346. The second kappa shape index (κ2) is 6.77. The fourth-order valence-electron chi connectivity index (χ4n) is 1.63. The third kappa shape index (κ3) is 4.49. The maximum Gasteiger partial charge on any atom is 0.141 e. The summed E-state index contributed by atoms with van der Waals surface area (Å²) in [5.41, 5.74) is 2.04. The van der Waals surface area contributed by atoms with Gasteiger partial charge in [0.2, 0.25) is 0 Å². The number of rotatable bonds is 6. The zero-order chi connectivity index (χ0) is 12.8. The summed E-state index contributed by atoms with van der Waals surface area (Å²) in [5, 5.41) is 3.87. The van der Waals surface area contributed by atoms with E-state index in [9.17, 15) is 4.79 Å². The number of nitrogens with one attached hydrogen (secondary N) is 1. The highest BCUT2D eigenvalue weighted by atomic mass is 35.5. The molecular formula is C14H20ClNO. The van der Waals surface area contributed by atoms with Gasteiger partial charge in [0, 0.05) is 23.9 Å². The van der Waals surface area contributed by atoms with E-state index in [1.54, 1.807) is 0 Å². The number of halogens is 1. The zero-order valence-electron chi connectivity index (χ0n) is 10.7. The summed E-state index contributed by atoms with van der Waals surface area (Å²) in [5.74, 6) is 0.268. The molecule has 0 bridgehead atoms. The van der Waals surface area contributed by atoms with Crippen LogP contribution in [0, 0.1) is 12.8 Å². The monoisotopic (exact) mass is 253 g/mol. The van der Waals surface area contributed by atoms with Crippen molar-refractivity contribution in [3.63, 3.8) is 0 Å². The molecule has 1 unspecified atom stereocenters. The van der Waals surface area contributed by atoms with Gasteiger partial charge >= 0.3 is 0 Å². The summed E-state index contributed by atoms with van der Waals surface area (Å²) in [6, 6.07) is 5.83. The second-order valence-electron chi connectivity index (χ2n) is 4.45. The van der Waals surface area contributed by atoms with Crippen LogP contribution in [0.2, 0.25) is 5.02 Å². The van der Waals surface area contributed by atoms with Crippen LogP contribution in [0.4, 0.5) is 0 Å². The van der Waals surface area contributed by atoms with E-state index in [-0.39, 0.29) is 11.7 Å². The molecule has 0 heterocycles. The molecule has 0 spiro atoms. The van der Waals surface area contributed by atoms with E-state index in [0.29, 0.717) is 11.4 Å². The Kier molecular flexibility index (Phi) is 5.66. The average molecular weight is 254 g/mol. The van der Waals surface area contributed by atoms with Gasteiger partial charge in [-0.15, -0.1) is 0 Å². The van der Waals surface area contributed by atoms with Crippen LogP contribution in [0.15, 0.2) is 18.2 Å². The Morgan fingerprint density at radius 3 is 2.76 bits per heavy atom. The van der Waals surface area contributed by atoms with Crippen LogP contribution in [0.5, 0.6) is 0 Å². The van der Waals surface area contributed by atoms with Crippen molar-refractivity contribution in [2.75, 3.05) is 13.1 Å². The molecule has 1 atom stereocenters. The van der Waals surface area contributed by atoms with Crippen molar-refractivity contribution in [1.29, 1.82) is 0 Å². The van der Waals surface area contributed by atoms with Crippen LogP contribution >= 0.6 is 11.6 Å². The van der Waals surface area contributed by atoms with Crippen LogP contribution in [0.1, 0.15) is 25.0 Å². The molecule has 0 aromatic heterocycles. The highest BCUT2D eigenvalue weighted by Crippen LogP contribution is 2.19. The molecule has 3 heteroatoms. The zero-order valence-corrected chi connectivity index (χ0v) is 11.5. The van der Waals surface area contributed by atoms with Gasteiger partial charge in [-0.1, -0.05) is 37.6 Å². The van der Waals surface area contributed by atoms with Gasteiger partial charge in [0.25, 0.3) is 0 Å². The average Bonchev–Trinajstić information content (AvgIpc) is 2.29. The lowest BCUT2D eigenvalue weighted by Crippen LogP contribution is -2.27. The lowest BCUT2D eigenvalue weighted by molar-refractivity contribution is -0.121. The molecular weight excluding hydrogens is 234 g/mol. The SMILES string of the molecule is CCNCC(C)C(=O)Cc1ccc(C)cc1Cl. The number of hydrogen-bond donors (Lipinski definition) is 1. The summed E-state index contributed by atoms with van der Waals surface area (Å²) in [6.07, 6.45) is 0.422. The first-order valence-corrected chi connectivity index (χ1v) is 6.40. The third-order valence-corrected chi connectivity index (χ3v) is 3.18. The number of hydrogen-bond acceptors (Lipinski definition) is 2. The smallest absolute Gasteiger partial charge is 0.141 e. The molecule has 1 N–H and O–H groups in total. The van der Waals surface area contributed by atoms with E-state index in [0.717, 1.165) is 24.2 Å². The highest BCUT2D eigenvalue weighted by molar-refractivity contribution is 6.31. The van der Waals surface area contributed by atoms with Crippen LogP contribution in [-0.2, 0) is 11.2 Å². The fraction of sp³-hybridized carbons (Fsp3) is 0.500. The molecule has 0 radical (unpaired) electrons. The number of benzene rings is 1. The van der Waals surface area contributed by atoms with Gasteiger partial charge in [0.1, 0.15) is 5.78 Å². The molecule has 0 saturated carbocycles. The van der Waals surface area contributed by atoms with Gasteiger partial charge in [-0.25, -0.2) is 0 Å². The van der Waals surface area contributed by atoms with Crippen molar-refractivity contribution in [2.45, 2.75) is 27.2 Å². The molecule has 2 nitrogen and oxygen atoms in total. The van der Waals surface area contributed by atoms with E-state index < -0.39 is 0 Å². The largest absolute Gasteiger partial charge is 0.316 e. The summed E-state index contributed by atoms with van der Waals surface area (Å²) in [7, 11) is 0. The molecule has 0 saturated heterocycles. The van der Waals surface area contributed by atoms with Gasteiger partial charge in [0.15, 0.2) is 0 Å². The normalized spacial score (nSPS) is 12.5. The standard InChI is InChI=1S/C14H20ClNO/c1-4-16-9-11(3)14(17)8-12-6-5-10(2)7-13(12)15/h5-7,11,16H,4,8-9H2,1-3H3. The molecule has 0 aliphatic carbocycles. The summed E-state index contributed by atoms with van der Waals surface area (Å²) in [4.78, 5) is 12.0. The maximum absolute atomic E-state index is 12.0. The Bertz CT molecular complexity index is 390. The number of Topliss-reactive ketones (excluding diaryl/α,β-unsaturated/α-hetero) is 1. The first kappa shape index (κ1) is 14.2. The molecule has 1 aromatic rings. The molecule has 0 amide bonds. The Balaban J connectivity index is 2.61. The van der Waals surface area contributed by atoms with Gasteiger partial charge in [-0.05, 0) is 30.7 Å². The van der Waals surface area contributed by atoms with Gasteiger partial charge in [-0.2, -0.15) is 0 Å². The van der Waals surface area contributed by atoms with Gasteiger partial charge in [0.05, 0.1) is 0 Å². The Hall–Kier alpha value is -0.860. The predicted molar refractivity (Wildman–Crippen MR) is 72.6 cm³/mol. The van der Waals surface area contributed by atoms with E-state index in [2.05, 4.69) is 5.32 Å². The van der Waals surface area contributed by atoms with E-state index in [4.69, 9.17) is 11.6 Å². The van der Waals surface area contributed by atoms with E-state index in [1.165, 1.54) is 0 Å². The third-order valence-electron chi connectivity index (χ3n) is 2.82. The Morgan fingerprint density at radius 2 is 2.18 bits per heavy atom. The quantitative estimate of drug-likeness (QED) is 0.845. The fourth-order valence-corrected chi connectivity index (χ4v) is 1.93.